The van der Waals surface area contributed by atoms with Gasteiger partial charge in [0.05, 0.1) is 4.92 Å². The summed E-state index contributed by atoms with van der Waals surface area (Å²) in [4.78, 5) is 10.3. The van der Waals surface area contributed by atoms with Gasteiger partial charge in [0.1, 0.15) is 0 Å². The first-order valence-electron chi connectivity index (χ1n) is 7.48. The van der Waals surface area contributed by atoms with Crippen molar-refractivity contribution in [2.24, 2.45) is 5.92 Å². The van der Waals surface area contributed by atoms with E-state index in [2.05, 4.69) is 5.32 Å². The molecule has 2 aliphatic heterocycles. The number of rotatable bonds is 4. The largest absolute Gasteiger partial charge is 0.316 e. The average molecular weight is 325 g/mol. The zero-order valence-corrected chi connectivity index (χ0v) is 13.0. The highest BCUT2D eigenvalue weighted by Gasteiger charge is 2.41. The summed E-state index contributed by atoms with van der Waals surface area (Å²) in [7, 11) is -3.84. The Morgan fingerprint density at radius 1 is 1.23 bits per heavy atom. The molecule has 1 atom stereocenters. The molecule has 1 aromatic carbocycles. The Hall–Kier alpha value is -1.51. The van der Waals surface area contributed by atoms with Gasteiger partial charge in [0, 0.05) is 37.7 Å². The van der Waals surface area contributed by atoms with Crippen LogP contribution in [-0.4, -0.2) is 43.3 Å². The number of hydrogen-bond acceptors (Lipinski definition) is 5. The third kappa shape index (κ3) is 2.62. The fourth-order valence-electron chi connectivity index (χ4n) is 3.24. The molecule has 8 heteroatoms. The predicted molar refractivity (Wildman–Crippen MR) is 81.0 cm³/mol. The Morgan fingerprint density at radius 3 is 2.59 bits per heavy atom. The van der Waals surface area contributed by atoms with Gasteiger partial charge in [-0.2, -0.15) is 4.31 Å². The molecule has 22 heavy (non-hydrogen) atoms. The van der Waals surface area contributed by atoms with E-state index in [4.69, 9.17) is 0 Å². The van der Waals surface area contributed by atoms with Gasteiger partial charge in [0.25, 0.3) is 5.69 Å². The molecule has 1 N–H and O–H groups in total. The smallest absolute Gasteiger partial charge is 0.289 e. The van der Waals surface area contributed by atoms with Gasteiger partial charge in [-0.3, -0.25) is 10.1 Å². The molecule has 0 saturated carbocycles. The topological polar surface area (TPSA) is 92.5 Å². The van der Waals surface area contributed by atoms with Crippen LogP contribution in [0.25, 0.3) is 0 Å². The summed E-state index contributed by atoms with van der Waals surface area (Å²) in [6.07, 6.45) is 2.63. The highest BCUT2D eigenvalue weighted by molar-refractivity contribution is 7.89. The minimum absolute atomic E-state index is 0.0557. The van der Waals surface area contributed by atoms with E-state index in [9.17, 15) is 18.5 Å². The zero-order chi connectivity index (χ0) is 15.7. The minimum atomic E-state index is -3.84. The summed E-state index contributed by atoms with van der Waals surface area (Å²) in [6, 6.07) is 5.54. The number of nitrogens with one attached hydrogen (secondary N) is 1. The van der Waals surface area contributed by atoms with Crippen molar-refractivity contribution in [3.05, 3.63) is 34.4 Å². The maximum atomic E-state index is 13.0. The van der Waals surface area contributed by atoms with Crippen LogP contribution in [0.2, 0.25) is 0 Å². The van der Waals surface area contributed by atoms with Crippen molar-refractivity contribution in [3.63, 3.8) is 0 Å². The van der Waals surface area contributed by atoms with Crippen LogP contribution in [0.15, 0.2) is 29.2 Å². The van der Waals surface area contributed by atoms with Gasteiger partial charge in [-0.25, -0.2) is 8.42 Å². The summed E-state index contributed by atoms with van der Waals surface area (Å²) in [5.74, 6) is 0.304. The van der Waals surface area contributed by atoms with Crippen molar-refractivity contribution >= 4 is 15.7 Å². The molecule has 0 aliphatic carbocycles. The van der Waals surface area contributed by atoms with E-state index in [1.165, 1.54) is 28.6 Å². The number of sulfonamides is 1. The van der Waals surface area contributed by atoms with Crippen LogP contribution in [0.5, 0.6) is 0 Å². The van der Waals surface area contributed by atoms with Gasteiger partial charge in [0.15, 0.2) is 4.90 Å². The second kappa shape index (κ2) is 5.94. The number of benzene rings is 1. The monoisotopic (exact) mass is 325 g/mol. The fourth-order valence-corrected chi connectivity index (χ4v) is 5.15. The van der Waals surface area contributed by atoms with E-state index in [1.807, 2.05) is 0 Å². The van der Waals surface area contributed by atoms with Crippen molar-refractivity contribution in [1.82, 2.24) is 9.62 Å². The second-order valence-corrected chi connectivity index (χ2v) is 7.68. The van der Waals surface area contributed by atoms with Crippen molar-refractivity contribution in [3.8, 4) is 0 Å². The third-order valence-electron chi connectivity index (χ3n) is 4.50. The Kier molecular flexibility index (Phi) is 4.16. The first-order valence-corrected chi connectivity index (χ1v) is 8.92. The first kappa shape index (κ1) is 15.4. The van der Waals surface area contributed by atoms with Crippen LogP contribution >= 0.6 is 0 Å². The molecule has 3 rings (SSSR count). The molecular formula is C14H19N3O4S. The summed E-state index contributed by atoms with van der Waals surface area (Å²) in [6.45, 7) is 2.07. The molecule has 0 aromatic heterocycles. The lowest BCUT2D eigenvalue weighted by Crippen LogP contribution is -2.57. The van der Waals surface area contributed by atoms with Gasteiger partial charge in [-0.1, -0.05) is 18.6 Å². The number of piperidine rings is 1. The molecule has 120 valence electrons. The highest BCUT2D eigenvalue weighted by Crippen LogP contribution is 2.33. The van der Waals surface area contributed by atoms with Gasteiger partial charge in [-0.05, 0) is 18.9 Å². The first-order chi connectivity index (χ1) is 10.5. The molecule has 1 aromatic rings. The normalized spacial score (nSPS) is 23.9. The Balaban J connectivity index is 1.99. The van der Waals surface area contributed by atoms with E-state index in [0.29, 0.717) is 12.5 Å². The maximum absolute atomic E-state index is 13.0. The molecule has 0 amide bonds. The van der Waals surface area contributed by atoms with Crippen LogP contribution < -0.4 is 5.32 Å². The molecule has 2 aliphatic rings. The molecule has 2 heterocycles. The standard InChI is InChI=1S/C14H19N3O4S/c18-17(19)13-6-1-2-7-14(13)22(20,21)16-8-4-3-5-12(16)11-9-15-10-11/h1-2,6-7,11-12,15H,3-5,8-10H2. The summed E-state index contributed by atoms with van der Waals surface area (Å²) >= 11 is 0. The molecule has 2 fully saturated rings. The molecule has 0 spiro atoms. The SMILES string of the molecule is O=[N+]([O-])c1ccccc1S(=O)(=O)N1CCCCC1C1CNC1. The van der Waals surface area contributed by atoms with E-state index in [1.54, 1.807) is 0 Å². The maximum Gasteiger partial charge on any atom is 0.289 e. The number of para-hydroxylation sites is 1. The summed E-state index contributed by atoms with van der Waals surface area (Å²) in [5.41, 5.74) is -0.349. The predicted octanol–water partition coefficient (Wildman–Crippen LogP) is 1.36. The highest BCUT2D eigenvalue weighted by atomic mass is 32.2. The summed E-state index contributed by atoms with van der Waals surface area (Å²) < 4.78 is 27.4. The zero-order valence-electron chi connectivity index (χ0n) is 12.1. The van der Waals surface area contributed by atoms with E-state index >= 15 is 0 Å². The Labute approximate surface area is 129 Å². The van der Waals surface area contributed by atoms with Crippen LogP contribution in [0.1, 0.15) is 19.3 Å². The second-order valence-electron chi connectivity index (χ2n) is 5.82. The molecule has 2 saturated heterocycles. The number of nitro groups is 1. The number of hydrogen-bond donors (Lipinski definition) is 1. The summed E-state index contributed by atoms with van der Waals surface area (Å²) in [5, 5.41) is 14.3. The number of nitro benzene ring substituents is 1. The molecular weight excluding hydrogens is 306 g/mol. The molecule has 0 bridgehead atoms. The van der Waals surface area contributed by atoms with Gasteiger partial charge in [0.2, 0.25) is 10.0 Å². The van der Waals surface area contributed by atoms with E-state index in [0.717, 1.165) is 32.4 Å². The van der Waals surface area contributed by atoms with Crippen molar-refractivity contribution in [1.29, 1.82) is 0 Å². The Morgan fingerprint density at radius 2 is 1.95 bits per heavy atom. The van der Waals surface area contributed by atoms with Gasteiger partial charge in [-0.15, -0.1) is 0 Å². The quantitative estimate of drug-likeness (QED) is 0.666. The average Bonchev–Trinajstić information content (AvgIpc) is 2.46. The molecule has 1 unspecified atom stereocenters. The minimum Gasteiger partial charge on any atom is -0.316 e. The van der Waals surface area contributed by atoms with E-state index < -0.39 is 14.9 Å². The third-order valence-corrected chi connectivity index (χ3v) is 6.48. The molecule has 7 nitrogen and oxygen atoms in total. The van der Waals surface area contributed by atoms with Crippen molar-refractivity contribution in [2.75, 3.05) is 19.6 Å². The van der Waals surface area contributed by atoms with Crippen LogP contribution in [0.4, 0.5) is 5.69 Å². The lowest BCUT2D eigenvalue weighted by atomic mass is 9.88. The van der Waals surface area contributed by atoms with Gasteiger partial charge < -0.3 is 5.32 Å². The van der Waals surface area contributed by atoms with Crippen LogP contribution in [0.3, 0.4) is 0 Å². The van der Waals surface area contributed by atoms with E-state index in [-0.39, 0.29) is 16.6 Å². The van der Waals surface area contributed by atoms with Gasteiger partial charge >= 0.3 is 0 Å². The van der Waals surface area contributed by atoms with Crippen LogP contribution in [0, 0.1) is 16.0 Å². The number of nitrogens with zero attached hydrogens (tertiary/aromatic N) is 2. The van der Waals surface area contributed by atoms with Crippen molar-refractivity contribution < 1.29 is 13.3 Å². The molecule has 0 radical (unpaired) electrons. The lowest BCUT2D eigenvalue weighted by Gasteiger charge is -2.43. The fraction of sp³-hybridized carbons (Fsp3) is 0.571. The van der Waals surface area contributed by atoms with Crippen molar-refractivity contribution in [2.45, 2.75) is 30.2 Å². The Bertz CT molecular complexity index is 672. The van der Waals surface area contributed by atoms with Crippen LogP contribution in [-0.2, 0) is 10.0 Å². The lowest BCUT2D eigenvalue weighted by molar-refractivity contribution is -0.387.